The van der Waals surface area contributed by atoms with Crippen LogP contribution in [0, 0.1) is 0 Å². The van der Waals surface area contributed by atoms with Crippen molar-refractivity contribution in [2.75, 3.05) is 5.32 Å². The molecular formula is C12H10Br2ClN3. The zero-order valence-electron chi connectivity index (χ0n) is 9.54. The first kappa shape index (κ1) is 13.8. The van der Waals surface area contributed by atoms with Crippen LogP contribution in [0.15, 0.2) is 33.5 Å². The topological polar surface area (TPSA) is 37.8 Å². The zero-order chi connectivity index (χ0) is 13.1. The smallest absolute Gasteiger partial charge is 0.138 e. The number of rotatable bonds is 3. The summed E-state index contributed by atoms with van der Waals surface area (Å²) >= 11 is 13.1. The van der Waals surface area contributed by atoms with Crippen molar-refractivity contribution in [3.05, 3.63) is 44.2 Å². The number of nitrogens with zero attached hydrogens (tertiary/aromatic N) is 2. The standard InChI is InChI=1S/C12H10Br2ClN3/c1-2-7-11(15)16-6-17-12(7)18-10-8(13)4-3-5-9(10)14/h3-6H,2H2,1H3,(H,16,17,18). The SMILES string of the molecule is CCc1c(Cl)ncnc1Nc1c(Br)cccc1Br. The second kappa shape index (κ2) is 5.99. The largest absolute Gasteiger partial charge is 0.338 e. The molecule has 2 aromatic rings. The molecule has 0 saturated heterocycles. The molecule has 0 spiro atoms. The predicted molar refractivity (Wildman–Crippen MR) is 81.5 cm³/mol. The van der Waals surface area contributed by atoms with E-state index in [4.69, 9.17) is 11.6 Å². The highest BCUT2D eigenvalue weighted by atomic mass is 79.9. The summed E-state index contributed by atoms with van der Waals surface area (Å²) in [6.45, 7) is 2.02. The number of nitrogens with one attached hydrogen (secondary N) is 1. The summed E-state index contributed by atoms with van der Waals surface area (Å²) in [5.41, 5.74) is 1.82. The van der Waals surface area contributed by atoms with Gasteiger partial charge < -0.3 is 5.32 Å². The van der Waals surface area contributed by atoms with E-state index in [1.54, 1.807) is 0 Å². The van der Waals surface area contributed by atoms with Crippen LogP contribution in [-0.2, 0) is 6.42 Å². The first-order valence-corrected chi connectivity index (χ1v) is 7.30. The molecule has 0 aliphatic rings. The van der Waals surface area contributed by atoms with Crippen molar-refractivity contribution in [2.45, 2.75) is 13.3 Å². The van der Waals surface area contributed by atoms with E-state index in [1.807, 2.05) is 25.1 Å². The van der Waals surface area contributed by atoms with E-state index < -0.39 is 0 Å². The molecule has 18 heavy (non-hydrogen) atoms. The van der Waals surface area contributed by atoms with Gasteiger partial charge in [0.25, 0.3) is 0 Å². The maximum Gasteiger partial charge on any atom is 0.138 e. The second-order valence-electron chi connectivity index (χ2n) is 3.57. The number of hydrogen-bond acceptors (Lipinski definition) is 3. The van der Waals surface area contributed by atoms with Crippen molar-refractivity contribution in [2.24, 2.45) is 0 Å². The third-order valence-corrected chi connectivity index (χ3v) is 4.10. The van der Waals surface area contributed by atoms with Crippen LogP contribution < -0.4 is 5.32 Å². The molecular weight excluding hydrogens is 381 g/mol. The van der Waals surface area contributed by atoms with E-state index in [0.717, 1.165) is 32.4 Å². The van der Waals surface area contributed by atoms with Gasteiger partial charge in [0.05, 0.1) is 5.69 Å². The number of para-hydroxylation sites is 1. The fourth-order valence-electron chi connectivity index (χ4n) is 1.55. The number of anilines is 2. The van der Waals surface area contributed by atoms with Gasteiger partial charge in [0.15, 0.2) is 0 Å². The Kier molecular flexibility index (Phi) is 4.59. The van der Waals surface area contributed by atoms with E-state index in [2.05, 4.69) is 47.1 Å². The Hall–Kier alpha value is -0.650. The second-order valence-corrected chi connectivity index (χ2v) is 5.63. The molecule has 3 nitrogen and oxygen atoms in total. The lowest BCUT2D eigenvalue weighted by molar-refractivity contribution is 1.05. The molecule has 0 fully saturated rings. The third kappa shape index (κ3) is 2.84. The summed E-state index contributed by atoms with van der Waals surface area (Å²) in [7, 11) is 0. The van der Waals surface area contributed by atoms with E-state index in [1.165, 1.54) is 6.33 Å². The van der Waals surface area contributed by atoms with Gasteiger partial charge in [0.1, 0.15) is 17.3 Å². The van der Waals surface area contributed by atoms with Gasteiger partial charge in [-0.15, -0.1) is 0 Å². The lowest BCUT2D eigenvalue weighted by Crippen LogP contribution is -2.01. The Labute approximate surface area is 127 Å². The molecule has 0 aliphatic heterocycles. The summed E-state index contributed by atoms with van der Waals surface area (Å²) in [6.07, 6.45) is 2.22. The molecule has 0 saturated carbocycles. The Morgan fingerprint density at radius 3 is 2.50 bits per heavy atom. The summed E-state index contributed by atoms with van der Waals surface area (Å²) in [5.74, 6) is 0.727. The van der Waals surface area contributed by atoms with Gasteiger partial charge in [0, 0.05) is 14.5 Å². The number of halogens is 3. The maximum absolute atomic E-state index is 6.06. The van der Waals surface area contributed by atoms with Crippen molar-refractivity contribution in [3.63, 3.8) is 0 Å². The lowest BCUT2D eigenvalue weighted by atomic mass is 10.2. The highest BCUT2D eigenvalue weighted by Crippen LogP contribution is 2.34. The summed E-state index contributed by atoms with van der Waals surface area (Å²) < 4.78 is 1.90. The van der Waals surface area contributed by atoms with Crippen molar-refractivity contribution in [3.8, 4) is 0 Å². The Morgan fingerprint density at radius 1 is 1.22 bits per heavy atom. The van der Waals surface area contributed by atoms with Gasteiger partial charge in [-0.05, 0) is 50.4 Å². The van der Waals surface area contributed by atoms with Gasteiger partial charge in [-0.3, -0.25) is 0 Å². The van der Waals surface area contributed by atoms with Crippen LogP contribution in [0.25, 0.3) is 0 Å². The molecule has 1 aromatic heterocycles. The van der Waals surface area contributed by atoms with Crippen LogP contribution >= 0.6 is 43.5 Å². The molecule has 6 heteroatoms. The minimum absolute atomic E-state index is 0.484. The fourth-order valence-corrected chi connectivity index (χ4v) is 3.01. The lowest BCUT2D eigenvalue weighted by Gasteiger charge is -2.13. The van der Waals surface area contributed by atoms with Crippen molar-refractivity contribution < 1.29 is 0 Å². The molecule has 94 valence electrons. The Morgan fingerprint density at radius 2 is 1.89 bits per heavy atom. The highest BCUT2D eigenvalue weighted by molar-refractivity contribution is 9.11. The van der Waals surface area contributed by atoms with Crippen LogP contribution in [0.4, 0.5) is 11.5 Å². The molecule has 0 amide bonds. The third-order valence-electron chi connectivity index (χ3n) is 2.45. The van der Waals surface area contributed by atoms with Crippen molar-refractivity contribution in [1.29, 1.82) is 0 Å². The fraction of sp³-hybridized carbons (Fsp3) is 0.167. The van der Waals surface area contributed by atoms with E-state index >= 15 is 0 Å². The highest BCUT2D eigenvalue weighted by Gasteiger charge is 2.11. The minimum atomic E-state index is 0.484. The predicted octanol–water partition coefficient (Wildman–Crippen LogP) is 4.96. The Balaban J connectivity index is 2.43. The van der Waals surface area contributed by atoms with E-state index in [-0.39, 0.29) is 0 Å². The molecule has 0 bridgehead atoms. The van der Waals surface area contributed by atoms with E-state index in [0.29, 0.717) is 5.15 Å². The maximum atomic E-state index is 6.06. The first-order chi connectivity index (χ1) is 8.63. The van der Waals surface area contributed by atoms with Crippen LogP contribution in [0.3, 0.4) is 0 Å². The summed E-state index contributed by atoms with van der Waals surface area (Å²) in [4.78, 5) is 8.23. The van der Waals surface area contributed by atoms with Gasteiger partial charge >= 0.3 is 0 Å². The average Bonchev–Trinajstić information content (AvgIpc) is 2.34. The van der Waals surface area contributed by atoms with Crippen LogP contribution in [0.1, 0.15) is 12.5 Å². The molecule has 0 radical (unpaired) electrons. The van der Waals surface area contributed by atoms with Crippen LogP contribution in [-0.4, -0.2) is 9.97 Å². The zero-order valence-corrected chi connectivity index (χ0v) is 13.5. The summed E-state index contributed by atoms with van der Waals surface area (Å²) in [6, 6.07) is 5.87. The van der Waals surface area contributed by atoms with Gasteiger partial charge in [0.2, 0.25) is 0 Å². The number of aromatic nitrogens is 2. The number of hydrogen-bond donors (Lipinski definition) is 1. The van der Waals surface area contributed by atoms with Crippen LogP contribution in [0.5, 0.6) is 0 Å². The summed E-state index contributed by atoms with van der Waals surface area (Å²) in [5, 5.41) is 3.76. The monoisotopic (exact) mass is 389 g/mol. The molecule has 1 N–H and O–H groups in total. The first-order valence-electron chi connectivity index (χ1n) is 5.34. The molecule has 0 unspecified atom stereocenters. The Bertz CT molecular complexity index is 555. The van der Waals surface area contributed by atoms with Crippen molar-refractivity contribution in [1.82, 2.24) is 9.97 Å². The minimum Gasteiger partial charge on any atom is -0.338 e. The molecule has 1 heterocycles. The van der Waals surface area contributed by atoms with Crippen LogP contribution in [0.2, 0.25) is 5.15 Å². The van der Waals surface area contributed by atoms with Gasteiger partial charge in [-0.2, -0.15) is 0 Å². The van der Waals surface area contributed by atoms with Gasteiger partial charge in [-0.1, -0.05) is 24.6 Å². The number of benzene rings is 1. The van der Waals surface area contributed by atoms with Crippen molar-refractivity contribution >= 4 is 55.0 Å². The average molecular weight is 391 g/mol. The molecule has 1 aromatic carbocycles. The normalized spacial score (nSPS) is 10.4. The molecule has 2 rings (SSSR count). The van der Waals surface area contributed by atoms with Gasteiger partial charge in [-0.25, -0.2) is 9.97 Å². The molecule has 0 aliphatic carbocycles. The van der Waals surface area contributed by atoms with E-state index in [9.17, 15) is 0 Å². The quantitative estimate of drug-likeness (QED) is 0.752. The molecule has 0 atom stereocenters.